The van der Waals surface area contributed by atoms with E-state index < -0.39 is 0 Å². The number of rotatable bonds is 6. The van der Waals surface area contributed by atoms with Crippen LogP contribution in [0, 0.1) is 0 Å². The van der Waals surface area contributed by atoms with Gasteiger partial charge in [-0.05, 0) is 50.7 Å². The molecule has 1 N–H and O–H groups in total. The van der Waals surface area contributed by atoms with Crippen LogP contribution >= 0.6 is 0 Å². The molecule has 1 aliphatic rings. The Hall–Kier alpha value is -1.35. The summed E-state index contributed by atoms with van der Waals surface area (Å²) in [5.74, 6) is 0.450. The molecule has 0 amide bonds. The zero-order chi connectivity index (χ0) is 13.8. The third-order valence-corrected chi connectivity index (χ3v) is 3.35. The lowest BCUT2D eigenvalue weighted by Gasteiger charge is -2.22. The Morgan fingerprint density at radius 2 is 2.05 bits per heavy atom. The third kappa shape index (κ3) is 3.57. The van der Waals surface area contributed by atoms with E-state index in [1.807, 2.05) is 32.9 Å². The molecular weight excluding hydrogens is 238 g/mol. The normalized spacial score (nSPS) is 16.4. The Balaban J connectivity index is 2.28. The van der Waals surface area contributed by atoms with Gasteiger partial charge in [0.05, 0.1) is 6.61 Å². The molecule has 3 nitrogen and oxygen atoms in total. The van der Waals surface area contributed by atoms with Gasteiger partial charge in [-0.15, -0.1) is 0 Å². The van der Waals surface area contributed by atoms with Crippen LogP contribution in [-0.4, -0.2) is 18.6 Å². The summed E-state index contributed by atoms with van der Waals surface area (Å²) >= 11 is 0. The highest BCUT2D eigenvalue weighted by molar-refractivity contribution is 5.78. The average Bonchev–Trinajstić information content (AvgIpc) is 3.20. The van der Waals surface area contributed by atoms with Crippen molar-refractivity contribution in [1.82, 2.24) is 5.32 Å². The zero-order valence-corrected chi connectivity index (χ0v) is 12.0. The molecule has 1 aromatic carbocycles. The van der Waals surface area contributed by atoms with Crippen molar-refractivity contribution < 1.29 is 9.53 Å². The van der Waals surface area contributed by atoms with E-state index in [2.05, 4.69) is 17.4 Å². The monoisotopic (exact) mass is 261 g/mol. The van der Waals surface area contributed by atoms with Crippen molar-refractivity contribution in [3.05, 3.63) is 35.4 Å². The van der Waals surface area contributed by atoms with Crippen molar-refractivity contribution >= 4 is 5.97 Å². The van der Waals surface area contributed by atoms with Crippen molar-refractivity contribution in [3.8, 4) is 0 Å². The largest absolute Gasteiger partial charge is 0.465 e. The van der Waals surface area contributed by atoms with Gasteiger partial charge in [-0.1, -0.05) is 24.3 Å². The summed E-state index contributed by atoms with van der Waals surface area (Å²) in [7, 11) is 0. The maximum Gasteiger partial charge on any atom is 0.327 e. The number of ether oxygens (including phenoxy) is 1. The fourth-order valence-electron chi connectivity index (χ4n) is 2.38. The lowest BCUT2D eigenvalue weighted by atomic mass is 9.96. The zero-order valence-electron chi connectivity index (χ0n) is 12.0. The van der Waals surface area contributed by atoms with Crippen molar-refractivity contribution in [2.24, 2.45) is 0 Å². The second-order valence-corrected chi connectivity index (χ2v) is 5.41. The van der Waals surface area contributed by atoms with E-state index in [0.717, 1.165) is 5.56 Å². The Bertz CT molecular complexity index is 438. The fourth-order valence-corrected chi connectivity index (χ4v) is 2.38. The molecule has 0 spiro atoms. The molecule has 0 heterocycles. The Kier molecular flexibility index (Phi) is 4.59. The highest BCUT2D eigenvalue weighted by atomic mass is 16.5. The minimum atomic E-state index is -0.350. The summed E-state index contributed by atoms with van der Waals surface area (Å²) in [5.41, 5.74) is 2.38. The fraction of sp³-hybridized carbons (Fsp3) is 0.562. The summed E-state index contributed by atoms with van der Waals surface area (Å²) in [5, 5.41) is 3.33. The maximum atomic E-state index is 12.2. The molecule has 0 bridgehead atoms. The molecule has 104 valence electrons. The molecular formula is C16H23NO2. The molecule has 0 aliphatic heterocycles. The number of nitrogens with one attached hydrogen (secondary N) is 1. The topological polar surface area (TPSA) is 38.3 Å². The van der Waals surface area contributed by atoms with E-state index in [0.29, 0.717) is 12.5 Å². The van der Waals surface area contributed by atoms with Crippen LogP contribution in [0.5, 0.6) is 0 Å². The second kappa shape index (κ2) is 6.20. The van der Waals surface area contributed by atoms with Gasteiger partial charge in [-0.3, -0.25) is 5.32 Å². The van der Waals surface area contributed by atoms with Gasteiger partial charge < -0.3 is 4.74 Å². The van der Waals surface area contributed by atoms with Crippen LogP contribution in [0.25, 0.3) is 0 Å². The molecule has 1 saturated carbocycles. The maximum absolute atomic E-state index is 12.2. The van der Waals surface area contributed by atoms with Gasteiger partial charge in [0.1, 0.15) is 6.04 Å². The van der Waals surface area contributed by atoms with Crippen LogP contribution in [0.1, 0.15) is 56.7 Å². The van der Waals surface area contributed by atoms with Crippen LogP contribution in [0.3, 0.4) is 0 Å². The van der Waals surface area contributed by atoms with Gasteiger partial charge in [0.15, 0.2) is 0 Å². The summed E-state index contributed by atoms with van der Waals surface area (Å²) in [6.45, 7) is 6.36. The lowest BCUT2D eigenvalue weighted by Crippen LogP contribution is -2.35. The van der Waals surface area contributed by atoms with E-state index in [1.165, 1.54) is 18.4 Å². The molecule has 0 radical (unpaired) electrons. The molecule has 0 saturated heterocycles. The van der Waals surface area contributed by atoms with Crippen molar-refractivity contribution in [3.63, 3.8) is 0 Å². The first-order valence-corrected chi connectivity index (χ1v) is 7.15. The van der Waals surface area contributed by atoms with Crippen molar-refractivity contribution in [2.45, 2.75) is 51.6 Å². The Morgan fingerprint density at radius 1 is 1.37 bits per heavy atom. The van der Waals surface area contributed by atoms with Gasteiger partial charge in [-0.25, -0.2) is 4.79 Å². The summed E-state index contributed by atoms with van der Waals surface area (Å²) in [6, 6.07) is 8.12. The second-order valence-electron chi connectivity index (χ2n) is 5.41. The number of carbonyl (C=O) groups is 1. The number of benzene rings is 1. The summed E-state index contributed by atoms with van der Waals surface area (Å²) in [6.07, 6.45) is 2.46. The third-order valence-electron chi connectivity index (χ3n) is 3.35. The van der Waals surface area contributed by atoms with Crippen LogP contribution in [0.2, 0.25) is 0 Å². The molecule has 0 aromatic heterocycles. The van der Waals surface area contributed by atoms with E-state index in [9.17, 15) is 4.79 Å². The molecule has 1 unspecified atom stereocenters. The number of carbonyl (C=O) groups excluding carboxylic acids is 1. The molecule has 1 fully saturated rings. The number of hydrogen-bond donors (Lipinski definition) is 1. The summed E-state index contributed by atoms with van der Waals surface area (Å²) < 4.78 is 5.21. The van der Waals surface area contributed by atoms with E-state index in [-0.39, 0.29) is 18.1 Å². The first kappa shape index (κ1) is 14.1. The molecule has 3 heteroatoms. The minimum absolute atomic E-state index is 0.177. The van der Waals surface area contributed by atoms with Crippen LogP contribution in [0.15, 0.2) is 24.3 Å². The molecule has 19 heavy (non-hydrogen) atoms. The molecule has 2 rings (SSSR count). The molecule has 1 atom stereocenters. The highest BCUT2D eigenvalue weighted by Crippen LogP contribution is 2.43. The quantitative estimate of drug-likeness (QED) is 0.799. The molecule has 1 aliphatic carbocycles. The standard InChI is InChI=1S/C16H23NO2/c1-4-19-16(18)15(17-11(2)3)14-8-6-5-7-13(14)12-9-10-12/h5-8,11-12,15,17H,4,9-10H2,1-3H3. The Labute approximate surface area is 115 Å². The van der Waals surface area contributed by atoms with Crippen LogP contribution in [0.4, 0.5) is 0 Å². The molecule has 1 aromatic rings. The van der Waals surface area contributed by atoms with Crippen LogP contribution in [-0.2, 0) is 9.53 Å². The van der Waals surface area contributed by atoms with Gasteiger partial charge in [0, 0.05) is 6.04 Å². The lowest BCUT2D eigenvalue weighted by molar-refractivity contribution is -0.146. The van der Waals surface area contributed by atoms with Gasteiger partial charge in [0.25, 0.3) is 0 Å². The van der Waals surface area contributed by atoms with Gasteiger partial charge in [-0.2, -0.15) is 0 Å². The predicted octanol–water partition coefficient (Wildman–Crippen LogP) is 3.17. The summed E-state index contributed by atoms with van der Waals surface area (Å²) in [4.78, 5) is 12.2. The smallest absolute Gasteiger partial charge is 0.327 e. The van der Waals surface area contributed by atoms with Crippen LogP contribution < -0.4 is 5.32 Å². The average molecular weight is 261 g/mol. The van der Waals surface area contributed by atoms with Crippen molar-refractivity contribution in [1.29, 1.82) is 0 Å². The first-order chi connectivity index (χ1) is 9.13. The number of esters is 1. The van der Waals surface area contributed by atoms with Crippen molar-refractivity contribution in [2.75, 3.05) is 6.61 Å². The number of hydrogen-bond acceptors (Lipinski definition) is 3. The van der Waals surface area contributed by atoms with Gasteiger partial charge >= 0.3 is 5.97 Å². The minimum Gasteiger partial charge on any atom is -0.465 e. The predicted molar refractivity (Wildman–Crippen MR) is 76.1 cm³/mol. The first-order valence-electron chi connectivity index (χ1n) is 7.15. The SMILES string of the molecule is CCOC(=O)C(NC(C)C)c1ccccc1C1CC1. The van der Waals surface area contributed by atoms with Gasteiger partial charge in [0.2, 0.25) is 0 Å². The van der Waals surface area contributed by atoms with E-state index in [4.69, 9.17) is 4.74 Å². The highest BCUT2D eigenvalue weighted by Gasteiger charge is 2.31. The van der Waals surface area contributed by atoms with E-state index >= 15 is 0 Å². The Morgan fingerprint density at radius 3 is 2.63 bits per heavy atom. The van der Waals surface area contributed by atoms with E-state index in [1.54, 1.807) is 0 Å².